The maximum Gasteiger partial charge on any atom is 0.292 e. The number of para-hydroxylation sites is 2. The van der Waals surface area contributed by atoms with Crippen molar-refractivity contribution in [3.05, 3.63) is 39.4 Å². The summed E-state index contributed by atoms with van der Waals surface area (Å²) >= 11 is 1.53. The minimum atomic E-state index is -0.393. The number of nitro groups is 1. The first-order chi connectivity index (χ1) is 10.1. The highest BCUT2D eigenvalue weighted by Crippen LogP contribution is 2.23. The Labute approximate surface area is 126 Å². The highest BCUT2D eigenvalue weighted by atomic mass is 32.1. The molecule has 7 nitrogen and oxygen atoms in total. The standard InChI is InChI=1S/C13H17N5O2S/c1-9(2)12-16-17-13(21-12)15-8-7-14-10-5-3-4-6-11(10)18(19)20/h3-6,9,14H,7-8H2,1-2H3,(H,15,17). The summed E-state index contributed by atoms with van der Waals surface area (Å²) < 4.78 is 0. The highest BCUT2D eigenvalue weighted by molar-refractivity contribution is 7.15. The first kappa shape index (κ1) is 15.2. The third-order valence-corrected chi connectivity index (χ3v) is 3.93. The van der Waals surface area contributed by atoms with Crippen LogP contribution >= 0.6 is 11.3 Å². The fourth-order valence-corrected chi connectivity index (χ4v) is 2.46. The van der Waals surface area contributed by atoms with Crippen LogP contribution in [-0.2, 0) is 0 Å². The maximum atomic E-state index is 10.9. The van der Waals surface area contributed by atoms with Crippen molar-refractivity contribution < 1.29 is 4.92 Å². The number of hydrogen-bond donors (Lipinski definition) is 2. The summed E-state index contributed by atoms with van der Waals surface area (Å²) in [6.45, 7) is 5.31. The van der Waals surface area contributed by atoms with E-state index < -0.39 is 4.92 Å². The quantitative estimate of drug-likeness (QED) is 0.464. The van der Waals surface area contributed by atoms with Crippen LogP contribution in [0.2, 0.25) is 0 Å². The van der Waals surface area contributed by atoms with E-state index in [0.717, 1.165) is 10.1 Å². The monoisotopic (exact) mass is 307 g/mol. The zero-order valence-corrected chi connectivity index (χ0v) is 12.7. The van der Waals surface area contributed by atoms with Gasteiger partial charge in [0, 0.05) is 25.1 Å². The molecule has 0 saturated carbocycles. The second-order valence-corrected chi connectivity index (χ2v) is 5.74. The molecule has 0 aliphatic carbocycles. The lowest BCUT2D eigenvalue weighted by Gasteiger charge is -2.07. The average Bonchev–Trinajstić information content (AvgIpc) is 2.93. The summed E-state index contributed by atoms with van der Waals surface area (Å²) in [5.74, 6) is 0.364. The lowest BCUT2D eigenvalue weighted by molar-refractivity contribution is -0.384. The van der Waals surface area contributed by atoms with E-state index >= 15 is 0 Å². The van der Waals surface area contributed by atoms with Gasteiger partial charge in [-0.25, -0.2) is 0 Å². The summed E-state index contributed by atoms with van der Waals surface area (Å²) in [5, 5.41) is 27.0. The van der Waals surface area contributed by atoms with Gasteiger partial charge < -0.3 is 10.6 Å². The van der Waals surface area contributed by atoms with Gasteiger partial charge in [0.15, 0.2) is 0 Å². The number of nitrogens with zero attached hydrogens (tertiary/aromatic N) is 3. The summed E-state index contributed by atoms with van der Waals surface area (Å²) in [5.41, 5.74) is 0.597. The van der Waals surface area contributed by atoms with Crippen LogP contribution in [0.3, 0.4) is 0 Å². The molecule has 0 aliphatic heterocycles. The molecule has 0 fully saturated rings. The Morgan fingerprint density at radius 1 is 1.24 bits per heavy atom. The van der Waals surface area contributed by atoms with E-state index in [2.05, 4.69) is 34.7 Å². The molecule has 0 aliphatic rings. The molecular formula is C13H17N5O2S. The van der Waals surface area contributed by atoms with Crippen molar-refractivity contribution in [2.24, 2.45) is 0 Å². The third-order valence-electron chi connectivity index (χ3n) is 2.75. The number of nitro benzene ring substituents is 1. The molecule has 8 heteroatoms. The van der Waals surface area contributed by atoms with Gasteiger partial charge in [-0.2, -0.15) is 0 Å². The first-order valence-corrected chi connectivity index (χ1v) is 7.44. The van der Waals surface area contributed by atoms with Crippen molar-refractivity contribution in [2.45, 2.75) is 19.8 Å². The van der Waals surface area contributed by atoms with Crippen LogP contribution in [-0.4, -0.2) is 28.2 Å². The van der Waals surface area contributed by atoms with Crippen LogP contribution < -0.4 is 10.6 Å². The van der Waals surface area contributed by atoms with Crippen molar-refractivity contribution in [1.82, 2.24) is 10.2 Å². The molecule has 0 radical (unpaired) electrons. The Kier molecular flexibility index (Phi) is 5.04. The molecule has 2 aromatic rings. The fourth-order valence-electron chi connectivity index (χ4n) is 1.69. The molecule has 0 unspecified atom stereocenters. The largest absolute Gasteiger partial charge is 0.378 e. The SMILES string of the molecule is CC(C)c1nnc(NCCNc2ccccc2[N+](=O)[O-])s1. The molecule has 0 amide bonds. The van der Waals surface area contributed by atoms with Crippen LogP contribution in [0.25, 0.3) is 0 Å². The zero-order chi connectivity index (χ0) is 15.2. The molecule has 112 valence electrons. The second kappa shape index (κ2) is 6.98. The maximum absolute atomic E-state index is 10.9. The highest BCUT2D eigenvalue weighted by Gasteiger charge is 2.11. The van der Waals surface area contributed by atoms with Gasteiger partial charge in [-0.05, 0) is 6.07 Å². The minimum absolute atomic E-state index is 0.0792. The molecule has 0 spiro atoms. The molecule has 0 atom stereocenters. The number of hydrogen-bond acceptors (Lipinski definition) is 7. The Bertz CT molecular complexity index is 614. The van der Waals surface area contributed by atoms with Crippen LogP contribution in [0, 0.1) is 10.1 Å². The van der Waals surface area contributed by atoms with Crippen molar-refractivity contribution in [3.63, 3.8) is 0 Å². The van der Waals surface area contributed by atoms with Gasteiger partial charge in [0.05, 0.1) is 4.92 Å². The van der Waals surface area contributed by atoms with E-state index in [4.69, 9.17) is 0 Å². The van der Waals surface area contributed by atoms with E-state index in [0.29, 0.717) is 24.7 Å². The molecule has 0 saturated heterocycles. The van der Waals surface area contributed by atoms with E-state index in [1.807, 2.05) is 0 Å². The first-order valence-electron chi connectivity index (χ1n) is 6.62. The van der Waals surface area contributed by atoms with Gasteiger partial charge in [0.2, 0.25) is 5.13 Å². The van der Waals surface area contributed by atoms with E-state index in [-0.39, 0.29) is 5.69 Å². The summed E-state index contributed by atoms with van der Waals surface area (Å²) in [4.78, 5) is 10.5. The van der Waals surface area contributed by atoms with Gasteiger partial charge in [-0.3, -0.25) is 10.1 Å². The normalized spacial score (nSPS) is 10.6. The van der Waals surface area contributed by atoms with Crippen molar-refractivity contribution in [3.8, 4) is 0 Å². The van der Waals surface area contributed by atoms with Gasteiger partial charge >= 0.3 is 0 Å². The smallest absolute Gasteiger partial charge is 0.292 e. The molecule has 0 bridgehead atoms. The van der Waals surface area contributed by atoms with E-state index in [9.17, 15) is 10.1 Å². The fraction of sp³-hybridized carbons (Fsp3) is 0.385. The number of nitrogens with one attached hydrogen (secondary N) is 2. The molecule has 2 N–H and O–H groups in total. The molecule has 1 aromatic heterocycles. The van der Waals surface area contributed by atoms with Gasteiger partial charge in [-0.1, -0.05) is 37.3 Å². The Morgan fingerprint density at radius 3 is 2.62 bits per heavy atom. The predicted molar refractivity (Wildman–Crippen MR) is 84.1 cm³/mol. The van der Waals surface area contributed by atoms with Crippen LogP contribution in [0.15, 0.2) is 24.3 Å². The van der Waals surface area contributed by atoms with Crippen LogP contribution in [0.1, 0.15) is 24.8 Å². The van der Waals surface area contributed by atoms with Gasteiger partial charge in [0.1, 0.15) is 10.7 Å². The van der Waals surface area contributed by atoms with Gasteiger partial charge in [0.25, 0.3) is 5.69 Å². The lowest BCUT2D eigenvalue weighted by Crippen LogP contribution is -2.14. The Morgan fingerprint density at radius 2 is 1.95 bits per heavy atom. The molecule has 21 heavy (non-hydrogen) atoms. The second-order valence-electron chi connectivity index (χ2n) is 4.73. The zero-order valence-electron chi connectivity index (χ0n) is 11.9. The van der Waals surface area contributed by atoms with Crippen LogP contribution in [0.4, 0.5) is 16.5 Å². The van der Waals surface area contributed by atoms with E-state index in [1.165, 1.54) is 17.4 Å². The minimum Gasteiger partial charge on any atom is -0.378 e. The average molecular weight is 307 g/mol. The predicted octanol–water partition coefficient (Wildman–Crippen LogP) is 3.09. The summed E-state index contributed by atoms with van der Waals surface area (Å²) in [7, 11) is 0. The lowest BCUT2D eigenvalue weighted by atomic mass is 10.2. The van der Waals surface area contributed by atoms with Crippen molar-refractivity contribution in [2.75, 3.05) is 23.7 Å². The Balaban J connectivity index is 1.83. The van der Waals surface area contributed by atoms with Crippen molar-refractivity contribution >= 4 is 27.8 Å². The molecular weight excluding hydrogens is 290 g/mol. The number of anilines is 2. The Hall–Kier alpha value is -2.22. The summed E-state index contributed by atoms with van der Waals surface area (Å²) in [6, 6.07) is 6.59. The molecule has 1 heterocycles. The summed E-state index contributed by atoms with van der Waals surface area (Å²) in [6.07, 6.45) is 0. The number of benzene rings is 1. The molecule has 2 rings (SSSR count). The molecule has 1 aromatic carbocycles. The number of rotatable bonds is 7. The van der Waals surface area contributed by atoms with Gasteiger partial charge in [-0.15, -0.1) is 10.2 Å². The van der Waals surface area contributed by atoms with Crippen molar-refractivity contribution in [1.29, 1.82) is 0 Å². The number of aromatic nitrogens is 2. The third kappa shape index (κ3) is 4.12. The van der Waals surface area contributed by atoms with E-state index in [1.54, 1.807) is 18.2 Å². The van der Waals surface area contributed by atoms with Crippen LogP contribution in [0.5, 0.6) is 0 Å². The topological polar surface area (TPSA) is 93.0 Å².